The van der Waals surface area contributed by atoms with E-state index in [-0.39, 0.29) is 24.7 Å². The first-order chi connectivity index (χ1) is 7.54. The average molecular weight is 244 g/mol. The molecule has 0 aliphatic rings. The minimum Gasteiger partial charge on any atom is -0.486 e. The highest BCUT2D eigenvalue weighted by atomic mass is 35.5. The van der Waals surface area contributed by atoms with Crippen molar-refractivity contribution in [1.29, 1.82) is 0 Å². The summed E-state index contributed by atoms with van der Waals surface area (Å²) >= 11 is 5.77. The molecule has 0 aliphatic carbocycles. The minimum atomic E-state index is -0.388. The second kappa shape index (κ2) is 6.09. The standard InChI is InChI=1S/C12H18ClNO2/c1-8(2)12(14)11(7-15)16-10-5-3-9(13)4-6-10/h3-6,8,11-12,15H,7,14H2,1-2H3. The predicted octanol–water partition coefficient (Wildman–Crippen LogP) is 2.06. The van der Waals surface area contributed by atoms with E-state index in [9.17, 15) is 5.11 Å². The first-order valence-corrected chi connectivity index (χ1v) is 5.71. The maximum Gasteiger partial charge on any atom is 0.137 e. The van der Waals surface area contributed by atoms with Crippen molar-refractivity contribution in [3.8, 4) is 5.75 Å². The molecule has 3 nitrogen and oxygen atoms in total. The Balaban J connectivity index is 2.66. The van der Waals surface area contributed by atoms with Crippen molar-refractivity contribution < 1.29 is 9.84 Å². The fourth-order valence-electron chi connectivity index (χ4n) is 1.35. The number of halogens is 1. The summed E-state index contributed by atoms with van der Waals surface area (Å²) in [5.41, 5.74) is 5.94. The van der Waals surface area contributed by atoms with Gasteiger partial charge >= 0.3 is 0 Å². The SMILES string of the molecule is CC(C)C(N)C(CO)Oc1ccc(Cl)cc1. The molecule has 0 heterocycles. The van der Waals surface area contributed by atoms with E-state index in [2.05, 4.69) is 0 Å². The number of ether oxygens (including phenoxy) is 1. The Morgan fingerprint density at radius 3 is 2.31 bits per heavy atom. The topological polar surface area (TPSA) is 55.5 Å². The third-order valence-electron chi connectivity index (χ3n) is 2.48. The lowest BCUT2D eigenvalue weighted by Crippen LogP contribution is -2.45. The largest absolute Gasteiger partial charge is 0.486 e. The molecular formula is C12H18ClNO2. The predicted molar refractivity (Wildman–Crippen MR) is 65.8 cm³/mol. The number of aliphatic hydroxyl groups excluding tert-OH is 1. The first-order valence-electron chi connectivity index (χ1n) is 5.33. The number of rotatable bonds is 5. The molecule has 2 unspecified atom stereocenters. The van der Waals surface area contributed by atoms with Crippen LogP contribution in [0.5, 0.6) is 5.75 Å². The van der Waals surface area contributed by atoms with Gasteiger partial charge in [0.05, 0.1) is 6.61 Å². The van der Waals surface area contributed by atoms with Gasteiger partial charge in [0.15, 0.2) is 0 Å². The Labute approximate surface area is 101 Å². The Hall–Kier alpha value is -0.770. The van der Waals surface area contributed by atoms with Crippen LogP contribution in [0.15, 0.2) is 24.3 Å². The van der Waals surface area contributed by atoms with E-state index >= 15 is 0 Å². The van der Waals surface area contributed by atoms with Crippen LogP contribution in [0.4, 0.5) is 0 Å². The number of hydrogen-bond donors (Lipinski definition) is 2. The van der Waals surface area contributed by atoms with E-state index in [1.807, 2.05) is 13.8 Å². The molecule has 4 heteroatoms. The molecule has 1 aromatic carbocycles. The van der Waals surface area contributed by atoms with Gasteiger partial charge < -0.3 is 15.6 Å². The van der Waals surface area contributed by atoms with Crippen LogP contribution in [-0.4, -0.2) is 23.9 Å². The van der Waals surface area contributed by atoms with Crippen LogP contribution >= 0.6 is 11.6 Å². The highest BCUT2D eigenvalue weighted by molar-refractivity contribution is 6.30. The lowest BCUT2D eigenvalue weighted by atomic mass is 10.00. The molecule has 1 aromatic rings. The van der Waals surface area contributed by atoms with Crippen molar-refractivity contribution in [3.05, 3.63) is 29.3 Å². The summed E-state index contributed by atoms with van der Waals surface area (Å²) in [6.45, 7) is 3.90. The zero-order valence-corrected chi connectivity index (χ0v) is 10.3. The molecule has 0 fully saturated rings. The number of aliphatic hydroxyl groups is 1. The lowest BCUT2D eigenvalue weighted by Gasteiger charge is -2.26. The second-order valence-corrected chi connectivity index (χ2v) is 4.55. The smallest absolute Gasteiger partial charge is 0.137 e. The second-order valence-electron chi connectivity index (χ2n) is 4.11. The normalized spacial score (nSPS) is 14.9. The summed E-state index contributed by atoms with van der Waals surface area (Å²) in [5, 5.41) is 9.88. The maximum atomic E-state index is 9.23. The van der Waals surface area contributed by atoms with Gasteiger partial charge in [-0.3, -0.25) is 0 Å². The van der Waals surface area contributed by atoms with Gasteiger partial charge in [0.1, 0.15) is 11.9 Å². The van der Waals surface area contributed by atoms with Gasteiger partial charge in [0.25, 0.3) is 0 Å². The molecule has 0 aliphatic heterocycles. The summed E-state index contributed by atoms with van der Waals surface area (Å²) in [6.07, 6.45) is -0.388. The molecule has 0 bridgehead atoms. The third kappa shape index (κ3) is 3.67. The van der Waals surface area contributed by atoms with E-state index in [1.54, 1.807) is 24.3 Å². The Morgan fingerprint density at radius 1 is 1.31 bits per heavy atom. The zero-order chi connectivity index (χ0) is 12.1. The van der Waals surface area contributed by atoms with Crippen LogP contribution in [0.2, 0.25) is 5.02 Å². The van der Waals surface area contributed by atoms with Crippen molar-refractivity contribution in [3.63, 3.8) is 0 Å². The van der Waals surface area contributed by atoms with E-state index in [0.29, 0.717) is 10.8 Å². The van der Waals surface area contributed by atoms with Gasteiger partial charge in [0, 0.05) is 11.1 Å². The van der Waals surface area contributed by atoms with Crippen molar-refractivity contribution in [2.24, 2.45) is 11.7 Å². The third-order valence-corrected chi connectivity index (χ3v) is 2.73. The molecule has 3 N–H and O–H groups in total. The number of nitrogens with two attached hydrogens (primary N) is 1. The molecule has 0 saturated carbocycles. The molecule has 90 valence electrons. The maximum absolute atomic E-state index is 9.23. The highest BCUT2D eigenvalue weighted by Gasteiger charge is 2.21. The molecule has 1 rings (SSSR count). The molecule has 0 saturated heterocycles. The first kappa shape index (κ1) is 13.3. The van der Waals surface area contributed by atoms with E-state index in [4.69, 9.17) is 22.1 Å². The Kier molecular flexibility index (Phi) is 5.06. The van der Waals surface area contributed by atoms with Crippen LogP contribution in [0, 0.1) is 5.92 Å². The van der Waals surface area contributed by atoms with Gasteiger partial charge in [0.2, 0.25) is 0 Å². The summed E-state index contributed by atoms with van der Waals surface area (Å²) in [7, 11) is 0. The molecule has 0 amide bonds. The van der Waals surface area contributed by atoms with Crippen molar-refractivity contribution in [1.82, 2.24) is 0 Å². The van der Waals surface area contributed by atoms with Crippen molar-refractivity contribution in [2.45, 2.75) is 26.0 Å². The summed E-state index contributed by atoms with van der Waals surface area (Å²) in [5.74, 6) is 0.920. The van der Waals surface area contributed by atoms with Crippen LogP contribution in [0.3, 0.4) is 0 Å². The summed E-state index contributed by atoms with van der Waals surface area (Å²) in [6, 6.07) is 6.81. The van der Waals surface area contributed by atoms with Crippen molar-refractivity contribution >= 4 is 11.6 Å². The summed E-state index contributed by atoms with van der Waals surface area (Å²) < 4.78 is 5.61. The fourth-order valence-corrected chi connectivity index (χ4v) is 1.48. The van der Waals surface area contributed by atoms with Gasteiger partial charge in [-0.2, -0.15) is 0 Å². The van der Waals surface area contributed by atoms with Gasteiger partial charge in [-0.1, -0.05) is 25.4 Å². The van der Waals surface area contributed by atoms with Gasteiger partial charge in [-0.05, 0) is 30.2 Å². The molecule has 0 radical (unpaired) electrons. The van der Waals surface area contributed by atoms with E-state index in [1.165, 1.54) is 0 Å². The van der Waals surface area contributed by atoms with E-state index < -0.39 is 0 Å². The van der Waals surface area contributed by atoms with E-state index in [0.717, 1.165) is 0 Å². The van der Waals surface area contributed by atoms with Gasteiger partial charge in [-0.15, -0.1) is 0 Å². The molecule has 2 atom stereocenters. The monoisotopic (exact) mass is 243 g/mol. The molecule has 0 spiro atoms. The van der Waals surface area contributed by atoms with Crippen LogP contribution < -0.4 is 10.5 Å². The van der Waals surface area contributed by atoms with Gasteiger partial charge in [-0.25, -0.2) is 0 Å². The Bertz CT molecular complexity index is 313. The average Bonchev–Trinajstić information content (AvgIpc) is 2.27. The Morgan fingerprint density at radius 2 is 1.88 bits per heavy atom. The van der Waals surface area contributed by atoms with Crippen LogP contribution in [0.25, 0.3) is 0 Å². The number of benzene rings is 1. The van der Waals surface area contributed by atoms with Crippen LogP contribution in [0.1, 0.15) is 13.8 Å². The fraction of sp³-hybridized carbons (Fsp3) is 0.500. The molecule has 16 heavy (non-hydrogen) atoms. The lowest BCUT2D eigenvalue weighted by molar-refractivity contribution is 0.0811. The molecule has 0 aromatic heterocycles. The minimum absolute atomic E-state index is 0.0953. The zero-order valence-electron chi connectivity index (χ0n) is 9.56. The molecular weight excluding hydrogens is 226 g/mol. The summed E-state index contributed by atoms with van der Waals surface area (Å²) in [4.78, 5) is 0. The highest BCUT2D eigenvalue weighted by Crippen LogP contribution is 2.18. The quantitative estimate of drug-likeness (QED) is 0.833. The number of hydrogen-bond acceptors (Lipinski definition) is 3. The van der Waals surface area contributed by atoms with Crippen LogP contribution in [-0.2, 0) is 0 Å². The van der Waals surface area contributed by atoms with Crippen molar-refractivity contribution in [2.75, 3.05) is 6.61 Å².